The number of piperidine rings is 1. The third-order valence-corrected chi connectivity index (χ3v) is 6.62. The molecule has 0 radical (unpaired) electrons. The predicted octanol–water partition coefficient (Wildman–Crippen LogP) is 3.10. The zero-order valence-corrected chi connectivity index (χ0v) is 15.7. The Kier molecular flexibility index (Phi) is 4.51. The summed E-state index contributed by atoms with van der Waals surface area (Å²) in [6.07, 6.45) is 6.23. The number of hydrogen-bond donors (Lipinski definition) is 1. The maximum absolute atomic E-state index is 11.6. The molecule has 1 N–H and O–H groups in total. The molecule has 1 aromatic carbocycles. The molecule has 4 rings (SSSR count). The summed E-state index contributed by atoms with van der Waals surface area (Å²) in [6.45, 7) is 1.26. The van der Waals surface area contributed by atoms with E-state index in [1.807, 2.05) is 18.2 Å². The summed E-state index contributed by atoms with van der Waals surface area (Å²) < 4.78 is 11.5. The quantitative estimate of drug-likeness (QED) is 0.828. The first-order chi connectivity index (χ1) is 13.0. The molecule has 1 aliphatic heterocycles. The van der Waals surface area contributed by atoms with Gasteiger partial charge >= 0.3 is 5.97 Å². The minimum absolute atomic E-state index is 0.235. The number of nitriles is 1. The van der Waals surface area contributed by atoms with Crippen LogP contribution in [0.5, 0.6) is 11.5 Å². The highest BCUT2D eigenvalue weighted by molar-refractivity contribution is 5.82. The number of carbonyl (C=O) groups is 1. The second-order valence-electron chi connectivity index (χ2n) is 8.05. The molecule has 0 aromatic heterocycles. The van der Waals surface area contributed by atoms with Gasteiger partial charge in [-0.1, -0.05) is 6.07 Å². The molecule has 2 saturated carbocycles. The van der Waals surface area contributed by atoms with Crippen LogP contribution in [0.25, 0.3) is 0 Å². The smallest absolute Gasteiger partial charge is 0.324 e. The minimum Gasteiger partial charge on any atom is -0.493 e. The van der Waals surface area contributed by atoms with Gasteiger partial charge in [-0.05, 0) is 62.6 Å². The van der Waals surface area contributed by atoms with E-state index in [4.69, 9.17) is 9.47 Å². The van der Waals surface area contributed by atoms with Crippen LogP contribution in [0.15, 0.2) is 18.2 Å². The van der Waals surface area contributed by atoms with Gasteiger partial charge in [-0.2, -0.15) is 5.26 Å². The molecular weight excluding hydrogens is 344 g/mol. The van der Waals surface area contributed by atoms with Gasteiger partial charge in [-0.3, -0.25) is 9.69 Å². The van der Waals surface area contributed by atoms with E-state index >= 15 is 0 Å². The van der Waals surface area contributed by atoms with Gasteiger partial charge in [0.2, 0.25) is 0 Å². The lowest BCUT2D eigenvalue weighted by Crippen LogP contribution is -2.51. The molecule has 6 nitrogen and oxygen atoms in total. The summed E-state index contributed by atoms with van der Waals surface area (Å²) in [5.41, 5.74) is -0.338. The Morgan fingerprint density at radius 3 is 2.41 bits per heavy atom. The molecular formula is C21H26N2O4. The van der Waals surface area contributed by atoms with Crippen LogP contribution in [0.2, 0.25) is 0 Å². The fourth-order valence-electron chi connectivity index (χ4n) is 4.30. The molecule has 1 aromatic rings. The molecule has 1 heterocycles. The van der Waals surface area contributed by atoms with E-state index in [2.05, 4.69) is 11.0 Å². The lowest BCUT2D eigenvalue weighted by Gasteiger charge is -2.40. The monoisotopic (exact) mass is 370 g/mol. The SMILES string of the molecule is COc1ccc(C2(C#N)CCN(C3(C(=O)O)CC3)CC2)cc1OC1CCC1. The summed E-state index contributed by atoms with van der Waals surface area (Å²) >= 11 is 0. The molecule has 0 unspecified atom stereocenters. The molecule has 1 saturated heterocycles. The Balaban J connectivity index is 1.55. The topological polar surface area (TPSA) is 82.8 Å². The number of methoxy groups -OCH3 is 1. The number of aliphatic carboxylic acids is 1. The van der Waals surface area contributed by atoms with Crippen molar-refractivity contribution < 1.29 is 19.4 Å². The highest BCUT2D eigenvalue weighted by atomic mass is 16.5. The maximum atomic E-state index is 11.6. The Morgan fingerprint density at radius 2 is 1.93 bits per heavy atom. The normalized spacial score (nSPS) is 23.7. The average molecular weight is 370 g/mol. The van der Waals surface area contributed by atoms with Crippen LogP contribution >= 0.6 is 0 Å². The van der Waals surface area contributed by atoms with Crippen LogP contribution < -0.4 is 9.47 Å². The fraction of sp³-hybridized carbons (Fsp3) is 0.619. The van der Waals surface area contributed by atoms with E-state index in [9.17, 15) is 15.2 Å². The Bertz CT molecular complexity index is 769. The van der Waals surface area contributed by atoms with Crippen LogP contribution in [-0.2, 0) is 10.2 Å². The largest absolute Gasteiger partial charge is 0.493 e. The first-order valence-corrected chi connectivity index (χ1v) is 9.78. The summed E-state index contributed by atoms with van der Waals surface area (Å²) in [4.78, 5) is 13.7. The highest BCUT2D eigenvalue weighted by Crippen LogP contribution is 2.47. The standard InChI is InChI=1S/C21H26N2O4/c1-26-17-6-5-15(13-18(17)27-16-3-2-4-16)20(14-22)9-11-23(12-10-20)21(7-8-21)19(24)25/h5-6,13,16H,2-4,7-12H2,1H3,(H,24,25). The number of carboxylic acids is 1. The molecule has 0 spiro atoms. The number of nitrogens with zero attached hydrogens (tertiary/aromatic N) is 2. The molecule has 0 atom stereocenters. The average Bonchev–Trinajstić information content (AvgIpc) is 3.47. The maximum Gasteiger partial charge on any atom is 0.324 e. The summed E-state index contributed by atoms with van der Waals surface area (Å²) in [7, 11) is 1.63. The molecule has 27 heavy (non-hydrogen) atoms. The second kappa shape index (κ2) is 6.72. The fourth-order valence-corrected chi connectivity index (χ4v) is 4.30. The van der Waals surface area contributed by atoms with E-state index in [-0.39, 0.29) is 6.10 Å². The Hall–Kier alpha value is -2.26. The minimum atomic E-state index is -0.729. The van der Waals surface area contributed by atoms with Gasteiger partial charge in [0.15, 0.2) is 11.5 Å². The molecule has 0 bridgehead atoms. The summed E-state index contributed by atoms with van der Waals surface area (Å²) in [6, 6.07) is 8.33. The van der Waals surface area contributed by atoms with Crippen LogP contribution in [-0.4, -0.2) is 47.8 Å². The van der Waals surface area contributed by atoms with Crippen molar-refractivity contribution in [2.24, 2.45) is 0 Å². The van der Waals surface area contributed by atoms with Crippen LogP contribution in [0.1, 0.15) is 50.5 Å². The lowest BCUT2D eigenvalue weighted by molar-refractivity contribution is -0.145. The zero-order chi connectivity index (χ0) is 19.1. The van der Waals surface area contributed by atoms with E-state index in [1.165, 1.54) is 6.42 Å². The van der Waals surface area contributed by atoms with Crippen LogP contribution in [0.4, 0.5) is 0 Å². The second-order valence-corrected chi connectivity index (χ2v) is 8.05. The van der Waals surface area contributed by atoms with Crippen molar-refractivity contribution in [2.75, 3.05) is 20.2 Å². The van der Waals surface area contributed by atoms with E-state index in [0.717, 1.165) is 18.4 Å². The van der Waals surface area contributed by atoms with Gasteiger partial charge in [0.25, 0.3) is 0 Å². The van der Waals surface area contributed by atoms with Crippen molar-refractivity contribution in [3.8, 4) is 17.6 Å². The number of rotatable bonds is 6. The number of likely N-dealkylation sites (tertiary alicyclic amines) is 1. The first-order valence-electron chi connectivity index (χ1n) is 9.78. The molecule has 6 heteroatoms. The molecule has 0 amide bonds. The molecule has 3 fully saturated rings. The Morgan fingerprint density at radius 1 is 1.22 bits per heavy atom. The van der Waals surface area contributed by atoms with Crippen LogP contribution in [0.3, 0.4) is 0 Å². The van der Waals surface area contributed by atoms with E-state index in [0.29, 0.717) is 50.3 Å². The number of carboxylic acid groups (broad SMARTS) is 1. The van der Waals surface area contributed by atoms with Gasteiger partial charge in [-0.25, -0.2) is 0 Å². The highest BCUT2D eigenvalue weighted by Gasteiger charge is 2.56. The van der Waals surface area contributed by atoms with Crippen molar-refractivity contribution in [1.82, 2.24) is 4.90 Å². The van der Waals surface area contributed by atoms with Crippen molar-refractivity contribution >= 4 is 5.97 Å². The third kappa shape index (κ3) is 3.04. The zero-order valence-electron chi connectivity index (χ0n) is 15.7. The Labute approximate surface area is 159 Å². The van der Waals surface area contributed by atoms with Gasteiger partial charge < -0.3 is 14.6 Å². The first kappa shape index (κ1) is 18.1. The van der Waals surface area contributed by atoms with Crippen molar-refractivity contribution in [3.63, 3.8) is 0 Å². The van der Waals surface area contributed by atoms with Crippen LogP contribution in [0, 0.1) is 11.3 Å². The summed E-state index contributed by atoms with van der Waals surface area (Å²) in [5, 5.41) is 19.5. The lowest BCUT2D eigenvalue weighted by atomic mass is 9.73. The third-order valence-electron chi connectivity index (χ3n) is 6.62. The number of hydrogen-bond acceptors (Lipinski definition) is 5. The molecule has 144 valence electrons. The van der Waals surface area contributed by atoms with Gasteiger partial charge in [0, 0.05) is 13.1 Å². The number of ether oxygens (including phenoxy) is 2. The van der Waals surface area contributed by atoms with Gasteiger partial charge in [-0.15, -0.1) is 0 Å². The van der Waals surface area contributed by atoms with Crippen molar-refractivity contribution in [3.05, 3.63) is 23.8 Å². The van der Waals surface area contributed by atoms with Gasteiger partial charge in [0.05, 0.1) is 24.7 Å². The molecule has 2 aliphatic carbocycles. The van der Waals surface area contributed by atoms with Gasteiger partial charge in [0.1, 0.15) is 5.54 Å². The van der Waals surface area contributed by atoms with Crippen molar-refractivity contribution in [1.29, 1.82) is 5.26 Å². The van der Waals surface area contributed by atoms with E-state index < -0.39 is 16.9 Å². The molecule has 3 aliphatic rings. The predicted molar refractivity (Wildman–Crippen MR) is 99.0 cm³/mol. The van der Waals surface area contributed by atoms with Crippen molar-refractivity contribution in [2.45, 2.75) is 62.0 Å². The summed E-state index contributed by atoms with van der Waals surface area (Å²) in [5.74, 6) is 0.674. The number of benzene rings is 1. The van der Waals surface area contributed by atoms with E-state index in [1.54, 1.807) is 7.11 Å².